The Kier molecular flexibility index (Phi) is 3.20. The molecule has 2 rings (SSSR count). The van der Waals surface area contributed by atoms with Crippen LogP contribution in [0.3, 0.4) is 0 Å². The highest BCUT2D eigenvalue weighted by molar-refractivity contribution is 7.89. The highest BCUT2D eigenvalue weighted by Gasteiger charge is 2.29. The van der Waals surface area contributed by atoms with Crippen LogP contribution in [-0.2, 0) is 10.0 Å². The molecule has 7 heteroatoms. The highest BCUT2D eigenvalue weighted by Crippen LogP contribution is 2.26. The first-order chi connectivity index (χ1) is 8.30. The lowest BCUT2D eigenvalue weighted by atomic mass is 9.92. The van der Waals surface area contributed by atoms with E-state index in [1.807, 2.05) is 0 Å². The Morgan fingerprint density at radius 1 is 1.50 bits per heavy atom. The molecule has 1 aliphatic rings. The second-order valence-electron chi connectivity index (χ2n) is 4.58. The zero-order valence-electron chi connectivity index (χ0n) is 10.3. The van der Waals surface area contributed by atoms with Crippen LogP contribution in [0.25, 0.3) is 0 Å². The van der Waals surface area contributed by atoms with Crippen LogP contribution in [0.15, 0.2) is 15.4 Å². The fourth-order valence-corrected chi connectivity index (χ4v) is 2.68. The van der Waals surface area contributed by atoms with E-state index in [-0.39, 0.29) is 28.4 Å². The second-order valence-corrected chi connectivity index (χ2v) is 6.11. The van der Waals surface area contributed by atoms with Crippen molar-refractivity contribution >= 4 is 15.9 Å². The normalized spacial score (nSPS) is 16.4. The molecule has 0 spiro atoms. The molecule has 1 fully saturated rings. The van der Waals surface area contributed by atoms with Crippen molar-refractivity contribution < 1.29 is 17.6 Å². The van der Waals surface area contributed by atoms with E-state index in [0.717, 1.165) is 19.3 Å². The van der Waals surface area contributed by atoms with Crippen molar-refractivity contribution in [3.63, 3.8) is 0 Å². The number of nitrogens with two attached hydrogens (primary N) is 1. The molecule has 0 atom stereocenters. The minimum Gasteiger partial charge on any atom is -0.455 e. The molecular weight excluding hydrogens is 256 g/mol. The number of aryl methyl sites for hydroxylation is 1. The zero-order valence-corrected chi connectivity index (χ0v) is 11.2. The van der Waals surface area contributed by atoms with E-state index < -0.39 is 10.0 Å². The van der Waals surface area contributed by atoms with Crippen LogP contribution in [0.5, 0.6) is 0 Å². The first kappa shape index (κ1) is 13.1. The van der Waals surface area contributed by atoms with Crippen LogP contribution in [0, 0.1) is 6.92 Å². The van der Waals surface area contributed by atoms with Crippen molar-refractivity contribution in [2.45, 2.75) is 37.1 Å². The zero-order chi connectivity index (χ0) is 13.5. The summed E-state index contributed by atoms with van der Waals surface area (Å²) in [4.78, 5) is 13.5. The summed E-state index contributed by atoms with van der Waals surface area (Å²) in [5.41, 5.74) is 0. The van der Waals surface area contributed by atoms with E-state index in [2.05, 4.69) is 0 Å². The number of furan rings is 1. The molecule has 0 unspecified atom stereocenters. The fraction of sp³-hybridized carbons (Fsp3) is 0.545. The average molecular weight is 272 g/mol. The van der Waals surface area contributed by atoms with Crippen molar-refractivity contribution in [3.8, 4) is 0 Å². The smallest absolute Gasteiger partial charge is 0.289 e. The summed E-state index contributed by atoms with van der Waals surface area (Å²) >= 11 is 0. The maximum atomic E-state index is 12.1. The van der Waals surface area contributed by atoms with Crippen LogP contribution < -0.4 is 5.14 Å². The molecule has 0 radical (unpaired) electrons. The number of hydrogen-bond acceptors (Lipinski definition) is 4. The first-order valence-corrected chi connectivity index (χ1v) is 7.25. The lowest BCUT2D eigenvalue weighted by Crippen LogP contribution is -2.41. The number of hydrogen-bond donors (Lipinski definition) is 1. The van der Waals surface area contributed by atoms with E-state index in [9.17, 15) is 13.2 Å². The monoisotopic (exact) mass is 272 g/mol. The molecule has 1 saturated carbocycles. The van der Waals surface area contributed by atoms with Crippen LogP contribution in [0.1, 0.15) is 35.6 Å². The van der Waals surface area contributed by atoms with Gasteiger partial charge in [-0.1, -0.05) is 0 Å². The Balaban J connectivity index is 2.26. The van der Waals surface area contributed by atoms with E-state index >= 15 is 0 Å². The molecule has 6 nitrogen and oxygen atoms in total. The summed E-state index contributed by atoms with van der Waals surface area (Å²) < 4.78 is 27.7. The summed E-state index contributed by atoms with van der Waals surface area (Å²) in [7, 11) is -2.15. The largest absolute Gasteiger partial charge is 0.455 e. The average Bonchev–Trinajstić information content (AvgIpc) is 2.55. The number of carbonyl (C=O) groups is 1. The minimum absolute atomic E-state index is 0.0194. The number of nitrogens with zero attached hydrogens (tertiary/aromatic N) is 1. The number of rotatable bonds is 3. The predicted octanol–water partition coefficient (Wildman–Crippen LogP) is 0.860. The molecule has 0 aromatic carbocycles. The molecular formula is C11H16N2O4S. The summed E-state index contributed by atoms with van der Waals surface area (Å²) in [5.74, 6) is -0.147. The Morgan fingerprint density at radius 3 is 2.50 bits per heavy atom. The van der Waals surface area contributed by atoms with E-state index in [1.165, 1.54) is 13.0 Å². The minimum atomic E-state index is -3.85. The third-order valence-corrected chi connectivity index (χ3v) is 4.35. The highest BCUT2D eigenvalue weighted by atomic mass is 32.2. The summed E-state index contributed by atoms with van der Waals surface area (Å²) in [6, 6.07) is 1.42. The maximum absolute atomic E-state index is 12.1. The van der Waals surface area contributed by atoms with Crippen LogP contribution in [0.2, 0.25) is 0 Å². The molecule has 100 valence electrons. The predicted molar refractivity (Wildman–Crippen MR) is 64.6 cm³/mol. The molecule has 0 aliphatic heterocycles. The van der Waals surface area contributed by atoms with E-state index in [0.29, 0.717) is 0 Å². The standard InChI is InChI=1S/C11H16N2O4S/c1-7-10(18(12,15)16)6-9(17-7)11(14)13(2)8-4-3-5-8/h6,8H,3-5H2,1-2H3,(H2,12,15,16). The molecule has 1 aromatic heterocycles. The topological polar surface area (TPSA) is 93.6 Å². The number of amides is 1. The van der Waals surface area contributed by atoms with Gasteiger partial charge in [-0.3, -0.25) is 4.79 Å². The van der Waals surface area contributed by atoms with Gasteiger partial charge in [-0.05, 0) is 26.2 Å². The SMILES string of the molecule is Cc1oc(C(=O)N(C)C2CCC2)cc1S(N)(=O)=O. The Hall–Kier alpha value is -1.34. The van der Waals surface area contributed by atoms with E-state index in [1.54, 1.807) is 11.9 Å². The Bertz CT molecular complexity index is 572. The fourth-order valence-electron chi connectivity index (χ4n) is 1.97. The third kappa shape index (κ3) is 2.28. The molecule has 2 N–H and O–H groups in total. The third-order valence-electron chi connectivity index (χ3n) is 3.33. The van der Waals surface area contributed by atoms with Gasteiger partial charge in [0.15, 0.2) is 5.76 Å². The number of sulfonamides is 1. The summed E-state index contributed by atoms with van der Waals surface area (Å²) in [5, 5.41) is 5.03. The van der Waals surface area contributed by atoms with Crippen molar-refractivity contribution in [2.75, 3.05) is 7.05 Å². The lowest BCUT2D eigenvalue weighted by molar-refractivity contribution is 0.0618. The lowest BCUT2D eigenvalue weighted by Gasteiger charge is -2.34. The van der Waals surface area contributed by atoms with Gasteiger partial charge in [0, 0.05) is 19.2 Å². The van der Waals surface area contributed by atoms with Gasteiger partial charge in [0.1, 0.15) is 10.7 Å². The van der Waals surface area contributed by atoms with Crippen LogP contribution in [0.4, 0.5) is 0 Å². The van der Waals surface area contributed by atoms with Gasteiger partial charge in [-0.2, -0.15) is 0 Å². The van der Waals surface area contributed by atoms with Gasteiger partial charge in [0.2, 0.25) is 10.0 Å². The second kappa shape index (κ2) is 4.40. The molecule has 1 aliphatic carbocycles. The van der Waals surface area contributed by atoms with Crippen LogP contribution >= 0.6 is 0 Å². The number of primary sulfonamides is 1. The van der Waals surface area contributed by atoms with Gasteiger partial charge in [-0.25, -0.2) is 13.6 Å². The van der Waals surface area contributed by atoms with Crippen LogP contribution in [-0.4, -0.2) is 32.3 Å². The Morgan fingerprint density at radius 2 is 2.11 bits per heavy atom. The van der Waals surface area contributed by atoms with Gasteiger partial charge >= 0.3 is 0 Å². The summed E-state index contributed by atoms with van der Waals surface area (Å²) in [6.45, 7) is 1.47. The van der Waals surface area contributed by atoms with Gasteiger partial charge < -0.3 is 9.32 Å². The molecule has 18 heavy (non-hydrogen) atoms. The van der Waals surface area contributed by atoms with Gasteiger partial charge in [-0.15, -0.1) is 0 Å². The molecule has 0 bridgehead atoms. The van der Waals surface area contributed by atoms with Crippen molar-refractivity contribution in [1.82, 2.24) is 4.90 Å². The van der Waals surface area contributed by atoms with Gasteiger partial charge in [0.25, 0.3) is 5.91 Å². The number of carbonyl (C=O) groups excluding carboxylic acids is 1. The van der Waals surface area contributed by atoms with E-state index in [4.69, 9.17) is 9.56 Å². The summed E-state index contributed by atoms with van der Waals surface area (Å²) in [6.07, 6.45) is 3.07. The van der Waals surface area contributed by atoms with Crippen molar-refractivity contribution in [3.05, 3.63) is 17.6 Å². The van der Waals surface area contributed by atoms with Crippen molar-refractivity contribution in [2.24, 2.45) is 5.14 Å². The molecule has 1 heterocycles. The first-order valence-electron chi connectivity index (χ1n) is 5.71. The maximum Gasteiger partial charge on any atom is 0.289 e. The van der Waals surface area contributed by atoms with Crippen molar-refractivity contribution in [1.29, 1.82) is 0 Å². The van der Waals surface area contributed by atoms with Gasteiger partial charge in [0.05, 0.1) is 0 Å². The quantitative estimate of drug-likeness (QED) is 0.883. The molecule has 0 saturated heterocycles. The molecule has 1 amide bonds. The Labute approximate surface area is 106 Å². The molecule has 1 aromatic rings.